The summed E-state index contributed by atoms with van der Waals surface area (Å²) in [5.74, 6) is 1.10. The highest BCUT2D eigenvalue weighted by Gasteiger charge is 2.32. The molecule has 3 rings (SSSR count). The number of amides is 1. The Hall–Kier alpha value is -1.04. The van der Waals surface area contributed by atoms with Crippen molar-refractivity contribution in [3.05, 3.63) is 18.3 Å². The Bertz CT molecular complexity index is 506. The van der Waals surface area contributed by atoms with Gasteiger partial charge in [-0.15, -0.1) is 24.8 Å². The lowest BCUT2D eigenvalue weighted by Crippen LogP contribution is -2.30. The average molecular weight is 375 g/mol. The molecule has 1 amide bonds. The number of pyridine rings is 1. The van der Waals surface area contributed by atoms with Gasteiger partial charge in [0.25, 0.3) is 0 Å². The van der Waals surface area contributed by atoms with Crippen LogP contribution in [0.1, 0.15) is 38.5 Å². The zero-order valence-corrected chi connectivity index (χ0v) is 15.6. The lowest BCUT2D eigenvalue weighted by molar-refractivity contribution is -0.120. The highest BCUT2D eigenvalue weighted by molar-refractivity contribution is 5.92. The molecule has 0 aromatic carbocycles. The summed E-state index contributed by atoms with van der Waals surface area (Å²) < 4.78 is 0. The Labute approximate surface area is 156 Å². The second kappa shape index (κ2) is 10.1. The van der Waals surface area contributed by atoms with Crippen LogP contribution < -0.4 is 16.0 Å². The van der Waals surface area contributed by atoms with E-state index in [-0.39, 0.29) is 36.6 Å². The molecule has 0 spiro atoms. The molecule has 24 heavy (non-hydrogen) atoms. The van der Waals surface area contributed by atoms with Gasteiger partial charge in [-0.25, -0.2) is 4.98 Å². The first-order valence-corrected chi connectivity index (χ1v) is 8.50. The summed E-state index contributed by atoms with van der Waals surface area (Å²) in [5.41, 5.74) is 6.91. The fourth-order valence-corrected chi connectivity index (χ4v) is 3.68. The van der Waals surface area contributed by atoms with Crippen molar-refractivity contribution in [2.75, 3.05) is 29.9 Å². The first-order chi connectivity index (χ1) is 10.8. The number of hydrogen-bond acceptors (Lipinski definition) is 4. The molecule has 1 aliphatic heterocycles. The highest BCUT2D eigenvalue weighted by Crippen LogP contribution is 2.31. The van der Waals surface area contributed by atoms with E-state index in [9.17, 15) is 4.79 Å². The Morgan fingerprint density at radius 3 is 2.54 bits per heavy atom. The average Bonchev–Trinajstić information content (AvgIpc) is 3.05. The van der Waals surface area contributed by atoms with E-state index in [1.54, 1.807) is 0 Å². The standard InChI is InChI=1S/C17H26N4O.2ClH/c18-11-13-5-4-6-15(13)17(22)20-16-8-7-14(12-19-16)21-9-2-1-3-10-21;;/h7-8,12-13,15H,1-6,9-11,18H2,(H,19,20,22);2*1H/t13-,15-;;/m1../s1. The lowest BCUT2D eigenvalue weighted by Gasteiger charge is -2.28. The van der Waals surface area contributed by atoms with E-state index < -0.39 is 0 Å². The van der Waals surface area contributed by atoms with E-state index in [4.69, 9.17) is 5.73 Å². The van der Waals surface area contributed by atoms with E-state index in [1.807, 2.05) is 12.3 Å². The number of halogens is 2. The van der Waals surface area contributed by atoms with Crippen LogP contribution in [-0.4, -0.2) is 30.5 Å². The Morgan fingerprint density at radius 2 is 1.92 bits per heavy atom. The van der Waals surface area contributed by atoms with Gasteiger partial charge < -0.3 is 16.0 Å². The summed E-state index contributed by atoms with van der Waals surface area (Å²) in [5, 5.41) is 2.95. The lowest BCUT2D eigenvalue weighted by atomic mass is 9.95. The first kappa shape index (κ1) is 21.0. The third kappa shape index (κ3) is 4.98. The summed E-state index contributed by atoms with van der Waals surface area (Å²) in [6, 6.07) is 3.97. The van der Waals surface area contributed by atoms with E-state index in [1.165, 1.54) is 19.3 Å². The van der Waals surface area contributed by atoms with Crippen LogP contribution in [0.2, 0.25) is 0 Å². The fourth-order valence-electron chi connectivity index (χ4n) is 3.68. The molecule has 2 fully saturated rings. The molecule has 1 aliphatic carbocycles. The number of nitrogens with two attached hydrogens (primary N) is 1. The van der Waals surface area contributed by atoms with Gasteiger partial charge in [0.1, 0.15) is 5.82 Å². The minimum absolute atomic E-state index is 0. The Balaban J connectivity index is 0.00000144. The van der Waals surface area contributed by atoms with Gasteiger partial charge in [-0.1, -0.05) is 6.42 Å². The number of nitrogens with one attached hydrogen (secondary N) is 1. The summed E-state index contributed by atoms with van der Waals surface area (Å²) >= 11 is 0. The van der Waals surface area contributed by atoms with Gasteiger partial charge in [0.2, 0.25) is 5.91 Å². The topological polar surface area (TPSA) is 71.2 Å². The molecule has 3 N–H and O–H groups in total. The fraction of sp³-hybridized carbons (Fsp3) is 0.647. The monoisotopic (exact) mass is 374 g/mol. The Morgan fingerprint density at radius 1 is 1.17 bits per heavy atom. The number of rotatable bonds is 4. The quantitative estimate of drug-likeness (QED) is 0.848. The SMILES string of the molecule is Cl.Cl.NC[C@H]1CCC[C@H]1C(=O)Nc1ccc(N2CCCCC2)cn1. The van der Waals surface area contributed by atoms with Crippen LogP contribution in [0.4, 0.5) is 11.5 Å². The molecule has 5 nitrogen and oxygen atoms in total. The molecule has 1 aromatic heterocycles. The van der Waals surface area contributed by atoms with Gasteiger partial charge in [0.05, 0.1) is 11.9 Å². The number of carbonyl (C=O) groups is 1. The zero-order chi connectivity index (χ0) is 15.4. The molecule has 1 aromatic rings. The molecule has 0 bridgehead atoms. The van der Waals surface area contributed by atoms with Crippen molar-refractivity contribution in [2.24, 2.45) is 17.6 Å². The first-order valence-electron chi connectivity index (χ1n) is 8.50. The molecular formula is C17H28Cl2N4O. The van der Waals surface area contributed by atoms with Crippen LogP contribution in [0.25, 0.3) is 0 Å². The largest absolute Gasteiger partial charge is 0.370 e. The van der Waals surface area contributed by atoms with Crippen LogP contribution in [0.15, 0.2) is 18.3 Å². The highest BCUT2D eigenvalue weighted by atomic mass is 35.5. The van der Waals surface area contributed by atoms with Crippen LogP contribution in [0.3, 0.4) is 0 Å². The molecule has 136 valence electrons. The zero-order valence-electron chi connectivity index (χ0n) is 13.9. The van der Waals surface area contributed by atoms with Gasteiger partial charge in [0, 0.05) is 19.0 Å². The molecule has 2 atom stereocenters. The third-order valence-electron chi connectivity index (χ3n) is 5.02. The van der Waals surface area contributed by atoms with Gasteiger partial charge in [0.15, 0.2) is 0 Å². The minimum atomic E-state index is 0. The molecule has 2 aliphatic rings. The number of anilines is 2. The van der Waals surface area contributed by atoms with Crippen molar-refractivity contribution < 1.29 is 4.79 Å². The maximum atomic E-state index is 12.4. The summed E-state index contributed by atoms with van der Waals surface area (Å²) in [6.07, 6.45) is 8.80. The maximum absolute atomic E-state index is 12.4. The summed E-state index contributed by atoms with van der Waals surface area (Å²) in [4.78, 5) is 19.1. The number of piperidine rings is 1. The molecule has 1 saturated heterocycles. The van der Waals surface area contributed by atoms with Crippen LogP contribution in [0, 0.1) is 11.8 Å². The third-order valence-corrected chi connectivity index (χ3v) is 5.02. The molecule has 1 saturated carbocycles. The number of hydrogen-bond donors (Lipinski definition) is 2. The molecule has 2 heterocycles. The summed E-state index contributed by atoms with van der Waals surface area (Å²) in [6.45, 7) is 2.81. The van der Waals surface area contributed by atoms with E-state index in [0.29, 0.717) is 18.3 Å². The smallest absolute Gasteiger partial charge is 0.228 e. The van der Waals surface area contributed by atoms with Gasteiger partial charge in [-0.05, 0) is 56.7 Å². The van der Waals surface area contributed by atoms with Gasteiger partial charge in [-0.2, -0.15) is 0 Å². The van der Waals surface area contributed by atoms with Crippen LogP contribution in [0.5, 0.6) is 0 Å². The summed E-state index contributed by atoms with van der Waals surface area (Å²) in [7, 11) is 0. The van der Waals surface area contributed by atoms with Crippen molar-refractivity contribution in [2.45, 2.75) is 38.5 Å². The number of nitrogens with zero attached hydrogens (tertiary/aromatic N) is 2. The molecular weight excluding hydrogens is 347 g/mol. The van der Waals surface area contributed by atoms with Crippen molar-refractivity contribution >= 4 is 42.2 Å². The van der Waals surface area contributed by atoms with Crippen LogP contribution in [-0.2, 0) is 4.79 Å². The van der Waals surface area contributed by atoms with Crippen LogP contribution >= 0.6 is 24.8 Å². The number of carbonyl (C=O) groups excluding carboxylic acids is 1. The minimum Gasteiger partial charge on any atom is -0.370 e. The predicted octanol–water partition coefficient (Wildman–Crippen LogP) is 3.23. The normalized spacial score (nSPS) is 23.1. The molecule has 0 unspecified atom stereocenters. The van der Waals surface area contributed by atoms with Crippen molar-refractivity contribution in [1.82, 2.24) is 4.98 Å². The molecule has 0 radical (unpaired) electrons. The van der Waals surface area contributed by atoms with Crippen molar-refractivity contribution in [3.63, 3.8) is 0 Å². The number of aromatic nitrogens is 1. The van der Waals surface area contributed by atoms with E-state index >= 15 is 0 Å². The van der Waals surface area contributed by atoms with Gasteiger partial charge >= 0.3 is 0 Å². The predicted molar refractivity (Wildman–Crippen MR) is 103 cm³/mol. The Kier molecular flexibility index (Phi) is 8.81. The molecule has 7 heteroatoms. The maximum Gasteiger partial charge on any atom is 0.228 e. The van der Waals surface area contributed by atoms with Crippen molar-refractivity contribution in [1.29, 1.82) is 0 Å². The van der Waals surface area contributed by atoms with Crippen molar-refractivity contribution in [3.8, 4) is 0 Å². The second-order valence-corrected chi connectivity index (χ2v) is 6.47. The van der Waals surface area contributed by atoms with E-state index in [0.717, 1.165) is 38.0 Å². The van der Waals surface area contributed by atoms with E-state index in [2.05, 4.69) is 21.3 Å². The van der Waals surface area contributed by atoms with Gasteiger partial charge in [-0.3, -0.25) is 4.79 Å². The second-order valence-electron chi connectivity index (χ2n) is 6.47.